The number of aryl methyl sites for hydroxylation is 1. The SMILES string of the molecule is ICCc1oc(-c2ccccc2)c(-c2ccc3ccccc3c2)c1I. The Bertz CT molecular complexity index is 1020. The van der Waals surface area contributed by atoms with Crippen molar-refractivity contribution in [3.63, 3.8) is 0 Å². The average Bonchev–Trinajstić information content (AvgIpc) is 2.99. The molecule has 1 heterocycles. The Morgan fingerprint density at radius 1 is 0.760 bits per heavy atom. The van der Waals surface area contributed by atoms with Crippen molar-refractivity contribution in [2.75, 3.05) is 4.43 Å². The van der Waals surface area contributed by atoms with Crippen LogP contribution < -0.4 is 0 Å². The minimum atomic E-state index is 0.951. The van der Waals surface area contributed by atoms with E-state index in [4.69, 9.17) is 4.42 Å². The molecule has 25 heavy (non-hydrogen) atoms. The largest absolute Gasteiger partial charge is 0.459 e. The van der Waals surface area contributed by atoms with Gasteiger partial charge >= 0.3 is 0 Å². The summed E-state index contributed by atoms with van der Waals surface area (Å²) in [5, 5.41) is 2.52. The number of rotatable bonds is 4. The first-order chi connectivity index (χ1) is 12.3. The Hall–Kier alpha value is -1.34. The van der Waals surface area contributed by atoms with Crippen molar-refractivity contribution >= 4 is 56.0 Å². The van der Waals surface area contributed by atoms with Crippen LogP contribution >= 0.6 is 45.2 Å². The van der Waals surface area contributed by atoms with E-state index in [1.165, 1.54) is 25.5 Å². The van der Waals surface area contributed by atoms with Crippen molar-refractivity contribution in [3.05, 3.63) is 82.1 Å². The van der Waals surface area contributed by atoms with Gasteiger partial charge in [-0.05, 0) is 45.0 Å². The standard InChI is InChI=1S/C22H16I2O/c23-13-12-19-21(24)20(22(25-19)16-7-2-1-3-8-16)18-11-10-15-6-4-5-9-17(15)14-18/h1-11,14H,12-13H2. The first-order valence-corrected chi connectivity index (χ1v) is 10.8. The second-order valence-corrected chi connectivity index (χ2v) is 8.07. The minimum Gasteiger partial charge on any atom is -0.459 e. The molecule has 1 aromatic heterocycles. The first kappa shape index (κ1) is 17.1. The number of alkyl halides is 1. The number of halogens is 2. The van der Waals surface area contributed by atoms with Crippen LogP contribution in [0, 0.1) is 3.57 Å². The summed E-state index contributed by atoms with van der Waals surface area (Å²) < 4.78 is 8.60. The third-order valence-corrected chi connectivity index (χ3v) is 5.99. The van der Waals surface area contributed by atoms with Crippen molar-refractivity contribution in [1.29, 1.82) is 0 Å². The van der Waals surface area contributed by atoms with Gasteiger partial charge in [0.05, 0.1) is 3.57 Å². The van der Waals surface area contributed by atoms with Crippen LogP contribution in [-0.4, -0.2) is 4.43 Å². The Balaban J connectivity index is 1.95. The predicted molar refractivity (Wildman–Crippen MR) is 122 cm³/mol. The summed E-state index contributed by atoms with van der Waals surface area (Å²) in [7, 11) is 0. The summed E-state index contributed by atoms with van der Waals surface area (Å²) in [6.07, 6.45) is 0.951. The number of benzene rings is 3. The molecule has 0 aliphatic rings. The zero-order valence-corrected chi connectivity index (χ0v) is 17.8. The lowest BCUT2D eigenvalue weighted by molar-refractivity contribution is 0.529. The first-order valence-electron chi connectivity index (χ1n) is 8.19. The van der Waals surface area contributed by atoms with E-state index in [2.05, 4.69) is 112 Å². The third-order valence-electron chi connectivity index (χ3n) is 4.31. The molecule has 0 aliphatic carbocycles. The molecular formula is C22H16I2O. The molecule has 0 saturated carbocycles. The highest BCUT2D eigenvalue weighted by Gasteiger charge is 2.20. The normalized spacial score (nSPS) is 11.1. The summed E-state index contributed by atoms with van der Waals surface area (Å²) >= 11 is 4.85. The molecule has 3 heteroatoms. The van der Waals surface area contributed by atoms with Crippen molar-refractivity contribution in [2.45, 2.75) is 6.42 Å². The summed E-state index contributed by atoms with van der Waals surface area (Å²) in [6.45, 7) is 0. The summed E-state index contributed by atoms with van der Waals surface area (Å²) in [5.74, 6) is 2.05. The van der Waals surface area contributed by atoms with E-state index >= 15 is 0 Å². The van der Waals surface area contributed by atoms with Gasteiger partial charge in [-0.1, -0.05) is 89.3 Å². The molecular weight excluding hydrogens is 534 g/mol. The van der Waals surface area contributed by atoms with E-state index in [0.717, 1.165) is 27.9 Å². The Morgan fingerprint density at radius 3 is 2.24 bits per heavy atom. The zero-order chi connectivity index (χ0) is 17.2. The molecule has 0 N–H and O–H groups in total. The highest BCUT2D eigenvalue weighted by atomic mass is 127. The van der Waals surface area contributed by atoms with Crippen LogP contribution in [0.15, 0.2) is 77.2 Å². The van der Waals surface area contributed by atoms with Gasteiger partial charge in [-0.25, -0.2) is 0 Å². The fourth-order valence-electron chi connectivity index (χ4n) is 3.10. The topological polar surface area (TPSA) is 13.1 Å². The second-order valence-electron chi connectivity index (χ2n) is 5.91. The molecule has 1 nitrogen and oxygen atoms in total. The smallest absolute Gasteiger partial charge is 0.143 e. The van der Waals surface area contributed by atoms with E-state index in [1.807, 2.05) is 6.07 Å². The maximum absolute atomic E-state index is 6.33. The van der Waals surface area contributed by atoms with Gasteiger partial charge in [0.25, 0.3) is 0 Å². The minimum absolute atomic E-state index is 0.951. The van der Waals surface area contributed by atoms with Crippen molar-refractivity contribution in [2.24, 2.45) is 0 Å². The zero-order valence-electron chi connectivity index (χ0n) is 13.5. The Labute approximate surface area is 174 Å². The summed E-state index contributed by atoms with van der Waals surface area (Å²) in [5.41, 5.74) is 3.55. The van der Waals surface area contributed by atoms with Crippen LogP contribution in [0.2, 0.25) is 0 Å². The van der Waals surface area contributed by atoms with Gasteiger partial charge in [0.2, 0.25) is 0 Å². The van der Waals surface area contributed by atoms with Crippen LogP contribution in [-0.2, 0) is 6.42 Å². The monoisotopic (exact) mass is 550 g/mol. The second kappa shape index (κ2) is 7.50. The third kappa shape index (κ3) is 3.36. The van der Waals surface area contributed by atoms with Crippen molar-refractivity contribution in [1.82, 2.24) is 0 Å². The maximum Gasteiger partial charge on any atom is 0.143 e. The molecule has 4 aromatic rings. The molecule has 0 fully saturated rings. The molecule has 3 aromatic carbocycles. The molecule has 0 amide bonds. The van der Waals surface area contributed by atoms with Crippen molar-refractivity contribution in [3.8, 4) is 22.5 Å². The molecule has 0 aliphatic heterocycles. The lowest BCUT2D eigenvalue weighted by Crippen LogP contribution is -1.86. The summed E-state index contributed by atoms with van der Waals surface area (Å²) in [4.78, 5) is 0. The lowest BCUT2D eigenvalue weighted by atomic mass is 9.99. The van der Waals surface area contributed by atoms with Gasteiger partial charge in [-0.2, -0.15) is 0 Å². The van der Waals surface area contributed by atoms with Crippen LogP contribution in [0.4, 0.5) is 0 Å². The fraction of sp³-hybridized carbons (Fsp3) is 0.0909. The Kier molecular flexibility index (Phi) is 5.12. The molecule has 0 spiro atoms. The quantitative estimate of drug-likeness (QED) is 0.192. The predicted octanol–water partition coefficient (Wildman–Crippen LogP) is 7.35. The lowest BCUT2D eigenvalue weighted by Gasteiger charge is -2.06. The highest BCUT2D eigenvalue weighted by molar-refractivity contribution is 14.1. The van der Waals surface area contributed by atoms with Crippen LogP contribution in [0.1, 0.15) is 5.76 Å². The van der Waals surface area contributed by atoms with Gasteiger partial charge in [0.1, 0.15) is 11.5 Å². The van der Waals surface area contributed by atoms with Crippen LogP contribution in [0.25, 0.3) is 33.2 Å². The molecule has 124 valence electrons. The molecule has 0 unspecified atom stereocenters. The molecule has 0 bridgehead atoms. The highest BCUT2D eigenvalue weighted by Crippen LogP contribution is 2.41. The maximum atomic E-state index is 6.33. The van der Waals surface area contributed by atoms with E-state index in [1.54, 1.807) is 0 Å². The van der Waals surface area contributed by atoms with Gasteiger partial charge in [-0.3, -0.25) is 0 Å². The van der Waals surface area contributed by atoms with E-state index in [0.29, 0.717) is 0 Å². The van der Waals surface area contributed by atoms with Gasteiger partial charge in [0, 0.05) is 22.0 Å². The van der Waals surface area contributed by atoms with Gasteiger partial charge in [0.15, 0.2) is 0 Å². The van der Waals surface area contributed by atoms with Crippen molar-refractivity contribution < 1.29 is 4.42 Å². The number of furan rings is 1. The van der Waals surface area contributed by atoms with E-state index < -0.39 is 0 Å². The van der Waals surface area contributed by atoms with E-state index in [-0.39, 0.29) is 0 Å². The van der Waals surface area contributed by atoms with Crippen LogP contribution in [0.3, 0.4) is 0 Å². The molecule has 4 rings (SSSR count). The van der Waals surface area contributed by atoms with Gasteiger partial charge in [-0.15, -0.1) is 0 Å². The fourth-order valence-corrected chi connectivity index (χ4v) is 4.53. The van der Waals surface area contributed by atoms with Gasteiger partial charge < -0.3 is 4.42 Å². The molecule has 0 atom stereocenters. The average molecular weight is 550 g/mol. The molecule has 0 radical (unpaired) electrons. The molecule has 0 saturated heterocycles. The number of hydrogen-bond acceptors (Lipinski definition) is 1. The number of fused-ring (bicyclic) bond motifs is 1. The number of hydrogen-bond donors (Lipinski definition) is 0. The van der Waals surface area contributed by atoms with E-state index in [9.17, 15) is 0 Å². The van der Waals surface area contributed by atoms with Crippen LogP contribution in [0.5, 0.6) is 0 Å². The Morgan fingerprint density at radius 2 is 1.48 bits per heavy atom. The summed E-state index contributed by atoms with van der Waals surface area (Å²) in [6, 6.07) is 25.6.